The molecule has 1 aliphatic rings. The van der Waals surface area contributed by atoms with Crippen molar-refractivity contribution in [2.75, 3.05) is 18.2 Å². The predicted octanol–water partition coefficient (Wildman–Crippen LogP) is 1.82. The quantitative estimate of drug-likeness (QED) is 0.629. The Morgan fingerprint density at radius 3 is 3.00 bits per heavy atom. The van der Waals surface area contributed by atoms with Gasteiger partial charge in [-0.15, -0.1) is 11.8 Å². The molecule has 0 fully saturated rings. The van der Waals surface area contributed by atoms with E-state index in [9.17, 15) is 0 Å². The maximum atomic E-state index is 4.31. The van der Waals surface area contributed by atoms with Crippen molar-refractivity contribution in [2.24, 2.45) is 4.99 Å². The third-order valence-corrected chi connectivity index (χ3v) is 3.53. The Bertz CT molecular complexity index is 313. The van der Waals surface area contributed by atoms with E-state index in [2.05, 4.69) is 15.3 Å². The second kappa shape index (κ2) is 5.26. The van der Waals surface area contributed by atoms with Crippen molar-refractivity contribution in [3.63, 3.8) is 0 Å². The fraction of sp³-hybridized carbons (Fsp3) is 0.333. The smallest absolute Gasteiger partial charge is 0.157 e. The van der Waals surface area contributed by atoms with Gasteiger partial charge in [0.25, 0.3) is 0 Å². The zero-order valence-corrected chi connectivity index (χ0v) is 9.27. The molecule has 0 aliphatic carbocycles. The van der Waals surface area contributed by atoms with E-state index in [0.717, 1.165) is 23.3 Å². The molecule has 14 heavy (non-hydrogen) atoms. The Morgan fingerprint density at radius 1 is 1.43 bits per heavy atom. The largest absolute Gasteiger partial charge is 0.356 e. The van der Waals surface area contributed by atoms with Crippen LogP contribution in [0, 0.1) is 0 Å². The molecule has 0 amide bonds. The van der Waals surface area contributed by atoms with Crippen molar-refractivity contribution in [1.29, 1.82) is 0 Å². The van der Waals surface area contributed by atoms with Gasteiger partial charge in [-0.05, 0) is 12.1 Å². The van der Waals surface area contributed by atoms with E-state index in [1.807, 2.05) is 24.5 Å². The molecule has 2 heterocycles. The van der Waals surface area contributed by atoms with Crippen LogP contribution in [0.25, 0.3) is 0 Å². The standard InChI is InChI=1S/C9H11N3S2/c1-3-10-4-2-8(1)14-7-12-9-11-5-6-13-9/h1-4H,5-7H2,(H,11,12). The van der Waals surface area contributed by atoms with Crippen molar-refractivity contribution in [1.82, 2.24) is 10.3 Å². The highest BCUT2D eigenvalue weighted by molar-refractivity contribution is 8.14. The predicted molar refractivity (Wildman–Crippen MR) is 62.9 cm³/mol. The summed E-state index contributed by atoms with van der Waals surface area (Å²) in [6.07, 6.45) is 3.62. The fourth-order valence-corrected chi connectivity index (χ4v) is 2.57. The molecule has 0 unspecified atom stereocenters. The molecule has 1 aliphatic heterocycles. The Morgan fingerprint density at radius 2 is 2.29 bits per heavy atom. The number of aliphatic imine (C=N–C) groups is 1. The van der Waals surface area contributed by atoms with Crippen LogP contribution in [0.2, 0.25) is 0 Å². The molecule has 0 atom stereocenters. The van der Waals surface area contributed by atoms with Crippen LogP contribution in [-0.2, 0) is 0 Å². The number of nitrogens with one attached hydrogen (secondary N) is 1. The van der Waals surface area contributed by atoms with Crippen molar-refractivity contribution in [3.05, 3.63) is 24.5 Å². The SMILES string of the molecule is c1cc(SCNC2=NCCS2)ccn1. The molecule has 3 nitrogen and oxygen atoms in total. The summed E-state index contributed by atoms with van der Waals surface area (Å²) >= 11 is 3.55. The molecule has 0 saturated heterocycles. The van der Waals surface area contributed by atoms with E-state index in [1.54, 1.807) is 23.5 Å². The molecule has 0 aromatic carbocycles. The number of amidine groups is 1. The van der Waals surface area contributed by atoms with E-state index in [4.69, 9.17) is 0 Å². The third-order valence-electron chi connectivity index (χ3n) is 1.70. The number of nitrogens with zero attached hydrogens (tertiary/aromatic N) is 2. The Hall–Kier alpha value is -0.680. The minimum atomic E-state index is 0.871. The lowest BCUT2D eigenvalue weighted by Crippen LogP contribution is -2.17. The molecular formula is C9H11N3S2. The third kappa shape index (κ3) is 2.92. The van der Waals surface area contributed by atoms with Gasteiger partial charge in [-0.25, -0.2) is 0 Å². The lowest BCUT2D eigenvalue weighted by molar-refractivity contribution is 1.10. The summed E-state index contributed by atoms with van der Waals surface area (Å²) in [5, 5.41) is 4.36. The summed E-state index contributed by atoms with van der Waals surface area (Å²) < 4.78 is 0. The van der Waals surface area contributed by atoms with Gasteiger partial charge < -0.3 is 5.32 Å². The lowest BCUT2D eigenvalue weighted by Gasteiger charge is -2.03. The molecule has 0 spiro atoms. The zero-order valence-electron chi connectivity index (χ0n) is 7.64. The maximum Gasteiger partial charge on any atom is 0.157 e. The van der Waals surface area contributed by atoms with Crippen LogP contribution in [0.5, 0.6) is 0 Å². The highest BCUT2D eigenvalue weighted by Gasteiger charge is 2.05. The highest BCUT2D eigenvalue weighted by atomic mass is 32.2. The fourth-order valence-electron chi connectivity index (χ4n) is 1.06. The van der Waals surface area contributed by atoms with E-state index in [0.29, 0.717) is 0 Å². The minimum absolute atomic E-state index is 0.871. The molecule has 2 rings (SSSR count). The average molecular weight is 225 g/mol. The first kappa shape index (κ1) is 9.86. The molecule has 0 saturated carbocycles. The second-order valence-corrected chi connectivity index (χ2v) is 4.82. The van der Waals surface area contributed by atoms with Crippen LogP contribution in [0.3, 0.4) is 0 Å². The zero-order chi connectivity index (χ0) is 9.64. The number of pyridine rings is 1. The molecule has 1 aromatic rings. The number of hydrogen-bond donors (Lipinski definition) is 1. The topological polar surface area (TPSA) is 37.3 Å². The molecular weight excluding hydrogens is 214 g/mol. The van der Waals surface area contributed by atoms with Gasteiger partial charge in [0.15, 0.2) is 5.17 Å². The minimum Gasteiger partial charge on any atom is -0.356 e. The van der Waals surface area contributed by atoms with E-state index in [-0.39, 0.29) is 0 Å². The van der Waals surface area contributed by atoms with Gasteiger partial charge in [0, 0.05) is 23.0 Å². The van der Waals surface area contributed by atoms with E-state index >= 15 is 0 Å². The Balaban J connectivity index is 1.73. The summed E-state index contributed by atoms with van der Waals surface area (Å²) in [6, 6.07) is 4.02. The summed E-state index contributed by atoms with van der Waals surface area (Å²) in [6.45, 7) is 0.951. The summed E-state index contributed by atoms with van der Waals surface area (Å²) in [7, 11) is 0. The van der Waals surface area contributed by atoms with Crippen molar-refractivity contribution in [3.8, 4) is 0 Å². The number of thioether (sulfide) groups is 2. The first-order valence-corrected chi connectivity index (χ1v) is 6.36. The van der Waals surface area contributed by atoms with Gasteiger partial charge in [0.05, 0.1) is 12.4 Å². The Labute approximate surface area is 91.8 Å². The lowest BCUT2D eigenvalue weighted by atomic mass is 10.5. The number of rotatable bonds is 3. The van der Waals surface area contributed by atoms with Crippen LogP contribution in [-0.4, -0.2) is 28.3 Å². The average Bonchev–Trinajstić information content (AvgIpc) is 2.72. The van der Waals surface area contributed by atoms with Gasteiger partial charge in [-0.1, -0.05) is 11.8 Å². The molecule has 0 bridgehead atoms. The van der Waals surface area contributed by atoms with Crippen LogP contribution in [0.1, 0.15) is 0 Å². The molecule has 0 radical (unpaired) electrons. The summed E-state index contributed by atoms with van der Waals surface area (Å²) in [5.41, 5.74) is 0. The van der Waals surface area contributed by atoms with Gasteiger partial charge in [-0.2, -0.15) is 0 Å². The molecule has 5 heteroatoms. The van der Waals surface area contributed by atoms with Crippen LogP contribution >= 0.6 is 23.5 Å². The van der Waals surface area contributed by atoms with Gasteiger partial charge in [0.2, 0.25) is 0 Å². The van der Waals surface area contributed by atoms with E-state index in [1.165, 1.54) is 4.90 Å². The van der Waals surface area contributed by atoms with Crippen molar-refractivity contribution >= 4 is 28.7 Å². The Kier molecular flexibility index (Phi) is 3.71. The summed E-state index contributed by atoms with van der Waals surface area (Å²) in [4.78, 5) is 9.51. The van der Waals surface area contributed by atoms with Crippen LogP contribution < -0.4 is 5.32 Å². The van der Waals surface area contributed by atoms with Crippen LogP contribution in [0.4, 0.5) is 0 Å². The molecule has 1 aromatic heterocycles. The maximum absolute atomic E-state index is 4.31. The second-order valence-electron chi connectivity index (χ2n) is 2.68. The van der Waals surface area contributed by atoms with E-state index < -0.39 is 0 Å². The van der Waals surface area contributed by atoms with Crippen molar-refractivity contribution in [2.45, 2.75) is 4.90 Å². The number of hydrogen-bond acceptors (Lipinski definition) is 5. The van der Waals surface area contributed by atoms with Gasteiger partial charge in [-0.3, -0.25) is 9.98 Å². The summed E-state index contributed by atoms with van der Waals surface area (Å²) in [5.74, 6) is 1.98. The first-order chi connectivity index (χ1) is 6.95. The monoisotopic (exact) mass is 225 g/mol. The van der Waals surface area contributed by atoms with Crippen LogP contribution in [0.15, 0.2) is 34.4 Å². The normalized spacial score (nSPS) is 15.3. The van der Waals surface area contributed by atoms with Gasteiger partial charge >= 0.3 is 0 Å². The molecule has 74 valence electrons. The van der Waals surface area contributed by atoms with Crippen molar-refractivity contribution < 1.29 is 0 Å². The molecule has 1 N–H and O–H groups in total. The van der Waals surface area contributed by atoms with Gasteiger partial charge in [0.1, 0.15) is 0 Å². The first-order valence-electron chi connectivity index (χ1n) is 4.39. The highest BCUT2D eigenvalue weighted by Crippen LogP contribution is 2.16. The number of aromatic nitrogens is 1.